The Hall–Kier alpha value is -0.870. The second-order valence-corrected chi connectivity index (χ2v) is 3.68. The number of rotatable bonds is 1. The lowest BCUT2D eigenvalue weighted by atomic mass is 9.97. The summed E-state index contributed by atoms with van der Waals surface area (Å²) in [4.78, 5) is 6.19. The summed E-state index contributed by atoms with van der Waals surface area (Å²) in [6.07, 6.45) is 5.29. The summed E-state index contributed by atoms with van der Waals surface area (Å²) in [5.41, 5.74) is 5.90. The SMILES string of the molecule is CN1CCC(N)CC1c1cnco1. The van der Waals surface area contributed by atoms with Gasteiger partial charge < -0.3 is 10.2 Å². The predicted octanol–water partition coefficient (Wildman–Crippen LogP) is 0.769. The number of nitrogens with two attached hydrogens (primary N) is 1. The standard InChI is InChI=1S/C9H15N3O/c1-12-3-2-7(10)4-8(12)9-5-11-6-13-9/h5-8H,2-4,10H2,1H3. The van der Waals surface area contributed by atoms with E-state index in [2.05, 4.69) is 16.9 Å². The Labute approximate surface area is 77.7 Å². The van der Waals surface area contributed by atoms with E-state index in [0.29, 0.717) is 12.1 Å². The van der Waals surface area contributed by atoms with Gasteiger partial charge in [-0.3, -0.25) is 4.90 Å². The summed E-state index contributed by atoms with van der Waals surface area (Å²) < 4.78 is 5.28. The molecule has 2 N–H and O–H groups in total. The quantitative estimate of drug-likeness (QED) is 0.695. The molecule has 1 aliphatic rings. The van der Waals surface area contributed by atoms with Crippen molar-refractivity contribution in [2.24, 2.45) is 5.73 Å². The lowest BCUT2D eigenvalue weighted by Gasteiger charge is -2.33. The van der Waals surface area contributed by atoms with Crippen molar-refractivity contribution in [3.8, 4) is 0 Å². The van der Waals surface area contributed by atoms with Crippen LogP contribution in [0.25, 0.3) is 0 Å². The Kier molecular flexibility index (Phi) is 2.33. The molecule has 1 aromatic rings. The molecule has 1 aliphatic heterocycles. The molecule has 2 unspecified atom stereocenters. The first-order valence-corrected chi connectivity index (χ1v) is 4.61. The van der Waals surface area contributed by atoms with Crippen molar-refractivity contribution < 1.29 is 4.42 Å². The third kappa shape index (κ3) is 1.73. The highest BCUT2D eigenvalue weighted by Gasteiger charge is 2.27. The normalized spacial score (nSPS) is 30.6. The molecule has 0 saturated carbocycles. The van der Waals surface area contributed by atoms with Crippen LogP contribution in [-0.4, -0.2) is 29.5 Å². The Morgan fingerprint density at radius 2 is 2.54 bits per heavy atom. The molecule has 0 aromatic carbocycles. The van der Waals surface area contributed by atoms with Crippen molar-refractivity contribution in [2.75, 3.05) is 13.6 Å². The summed E-state index contributed by atoms with van der Waals surface area (Å²) >= 11 is 0. The van der Waals surface area contributed by atoms with Gasteiger partial charge in [-0.2, -0.15) is 0 Å². The molecule has 4 nitrogen and oxygen atoms in total. The second kappa shape index (κ2) is 3.47. The first-order valence-electron chi connectivity index (χ1n) is 4.61. The monoisotopic (exact) mass is 181 g/mol. The van der Waals surface area contributed by atoms with Gasteiger partial charge in [-0.15, -0.1) is 0 Å². The summed E-state index contributed by atoms with van der Waals surface area (Å²) in [6, 6.07) is 0.609. The van der Waals surface area contributed by atoms with E-state index < -0.39 is 0 Å². The largest absolute Gasteiger partial charge is 0.447 e. The van der Waals surface area contributed by atoms with Crippen LogP contribution in [0.2, 0.25) is 0 Å². The fourth-order valence-corrected chi connectivity index (χ4v) is 1.83. The molecule has 0 radical (unpaired) electrons. The lowest BCUT2D eigenvalue weighted by molar-refractivity contribution is 0.150. The highest BCUT2D eigenvalue weighted by atomic mass is 16.3. The van der Waals surface area contributed by atoms with Gasteiger partial charge in [0, 0.05) is 12.6 Å². The first kappa shape index (κ1) is 8.72. The van der Waals surface area contributed by atoms with E-state index in [9.17, 15) is 0 Å². The van der Waals surface area contributed by atoms with Gasteiger partial charge in [-0.05, 0) is 19.9 Å². The van der Waals surface area contributed by atoms with Crippen molar-refractivity contribution >= 4 is 0 Å². The Morgan fingerprint density at radius 1 is 1.69 bits per heavy atom. The zero-order chi connectivity index (χ0) is 9.26. The number of piperidine rings is 1. The van der Waals surface area contributed by atoms with E-state index in [1.165, 1.54) is 6.39 Å². The molecule has 4 heteroatoms. The van der Waals surface area contributed by atoms with Gasteiger partial charge in [0.05, 0.1) is 12.2 Å². The third-order valence-corrected chi connectivity index (χ3v) is 2.69. The van der Waals surface area contributed by atoms with E-state index in [4.69, 9.17) is 10.2 Å². The van der Waals surface area contributed by atoms with Gasteiger partial charge in [0.1, 0.15) is 5.76 Å². The molecule has 0 spiro atoms. The van der Waals surface area contributed by atoms with Crippen molar-refractivity contribution in [1.82, 2.24) is 9.88 Å². The highest BCUT2D eigenvalue weighted by molar-refractivity contribution is 5.01. The van der Waals surface area contributed by atoms with E-state index in [1.54, 1.807) is 6.20 Å². The first-order chi connectivity index (χ1) is 6.27. The predicted molar refractivity (Wildman–Crippen MR) is 49.1 cm³/mol. The van der Waals surface area contributed by atoms with Crippen LogP contribution in [0, 0.1) is 0 Å². The minimum Gasteiger partial charge on any atom is -0.447 e. The molecular formula is C9H15N3O. The number of aromatic nitrogens is 1. The maximum Gasteiger partial charge on any atom is 0.180 e. The number of hydrogen-bond acceptors (Lipinski definition) is 4. The van der Waals surface area contributed by atoms with Gasteiger partial charge in [0.15, 0.2) is 6.39 Å². The summed E-state index contributed by atoms with van der Waals surface area (Å²) in [6.45, 7) is 1.03. The maximum absolute atomic E-state index is 5.90. The average molecular weight is 181 g/mol. The molecule has 1 aromatic heterocycles. The van der Waals surface area contributed by atoms with Crippen LogP contribution in [0.4, 0.5) is 0 Å². The van der Waals surface area contributed by atoms with Crippen LogP contribution in [0.15, 0.2) is 17.0 Å². The lowest BCUT2D eigenvalue weighted by Crippen LogP contribution is -2.39. The summed E-state index contributed by atoms with van der Waals surface area (Å²) in [5.74, 6) is 0.928. The van der Waals surface area contributed by atoms with Gasteiger partial charge in [0.2, 0.25) is 0 Å². The second-order valence-electron chi connectivity index (χ2n) is 3.68. The Bertz CT molecular complexity index is 260. The van der Waals surface area contributed by atoms with Crippen LogP contribution in [-0.2, 0) is 0 Å². The molecule has 72 valence electrons. The number of nitrogens with zero attached hydrogens (tertiary/aromatic N) is 2. The number of likely N-dealkylation sites (tertiary alicyclic amines) is 1. The fraction of sp³-hybridized carbons (Fsp3) is 0.667. The van der Waals surface area contributed by atoms with Crippen molar-refractivity contribution in [3.63, 3.8) is 0 Å². The van der Waals surface area contributed by atoms with E-state index >= 15 is 0 Å². The molecule has 1 fully saturated rings. The maximum atomic E-state index is 5.90. The molecule has 0 bridgehead atoms. The Balaban J connectivity index is 2.12. The highest BCUT2D eigenvalue weighted by Crippen LogP contribution is 2.28. The minimum absolute atomic E-state index is 0.297. The summed E-state index contributed by atoms with van der Waals surface area (Å²) in [5, 5.41) is 0. The Morgan fingerprint density at radius 3 is 3.23 bits per heavy atom. The fourth-order valence-electron chi connectivity index (χ4n) is 1.83. The number of hydrogen-bond donors (Lipinski definition) is 1. The number of oxazole rings is 1. The van der Waals surface area contributed by atoms with Crippen molar-refractivity contribution in [2.45, 2.75) is 24.9 Å². The molecule has 2 heterocycles. The summed E-state index contributed by atoms with van der Waals surface area (Å²) in [7, 11) is 2.10. The third-order valence-electron chi connectivity index (χ3n) is 2.69. The zero-order valence-electron chi connectivity index (χ0n) is 7.81. The van der Waals surface area contributed by atoms with Gasteiger partial charge in [-0.1, -0.05) is 0 Å². The van der Waals surface area contributed by atoms with Crippen molar-refractivity contribution in [1.29, 1.82) is 0 Å². The van der Waals surface area contributed by atoms with Crippen LogP contribution < -0.4 is 5.73 Å². The van der Waals surface area contributed by atoms with Gasteiger partial charge >= 0.3 is 0 Å². The van der Waals surface area contributed by atoms with Crippen LogP contribution >= 0.6 is 0 Å². The molecule has 0 aliphatic carbocycles. The topological polar surface area (TPSA) is 55.3 Å². The van der Waals surface area contributed by atoms with E-state index in [0.717, 1.165) is 25.1 Å². The average Bonchev–Trinajstić information content (AvgIpc) is 2.61. The molecule has 2 atom stereocenters. The molecule has 0 amide bonds. The molecule has 1 saturated heterocycles. The van der Waals surface area contributed by atoms with Crippen LogP contribution in [0.1, 0.15) is 24.6 Å². The van der Waals surface area contributed by atoms with Gasteiger partial charge in [0.25, 0.3) is 0 Å². The van der Waals surface area contributed by atoms with E-state index in [1.807, 2.05) is 0 Å². The molecular weight excluding hydrogens is 166 g/mol. The minimum atomic E-state index is 0.297. The molecule has 2 rings (SSSR count). The van der Waals surface area contributed by atoms with E-state index in [-0.39, 0.29) is 0 Å². The zero-order valence-corrected chi connectivity index (χ0v) is 7.81. The molecule has 13 heavy (non-hydrogen) atoms. The van der Waals surface area contributed by atoms with Crippen LogP contribution in [0.5, 0.6) is 0 Å². The van der Waals surface area contributed by atoms with Crippen molar-refractivity contribution in [3.05, 3.63) is 18.4 Å². The van der Waals surface area contributed by atoms with Gasteiger partial charge in [-0.25, -0.2) is 4.98 Å². The van der Waals surface area contributed by atoms with Crippen LogP contribution in [0.3, 0.4) is 0 Å². The smallest absolute Gasteiger partial charge is 0.180 e.